The SMILES string of the molecule is CC(C)CCCC(C)[C@H]1CCC2C3CC[C@H]4CC=CC[C@]4(C)C3CC[C@@]21C. The minimum atomic E-state index is 0.625. The van der Waals surface area contributed by atoms with Gasteiger partial charge in [-0.2, -0.15) is 0 Å². The monoisotopic (exact) mass is 370 g/mol. The lowest BCUT2D eigenvalue weighted by Crippen LogP contribution is -2.52. The summed E-state index contributed by atoms with van der Waals surface area (Å²) in [6, 6.07) is 0. The van der Waals surface area contributed by atoms with Crippen molar-refractivity contribution < 1.29 is 0 Å². The fourth-order valence-electron chi connectivity index (χ4n) is 8.86. The van der Waals surface area contributed by atoms with E-state index in [1.807, 2.05) is 0 Å². The fraction of sp³-hybridized carbons (Fsp3) is 0.926. The Bertz CT molecular complexity index is 544. The van der Waals surface area contributed by atoms with Crippen LogP contribution in [0.3, 0.4) is 0 Å². The molecule has 8 atom stereocenters. The van der Waals surface area contributed by atoms with Gasteiger partial charge in [0.25, 0.3) is 0 Å². The lowest BCUT2D eigenvalue weighted by molar-refractivity contribution is -0.101. The molecule has 0 N–H and O–H groups in total. The molecule has 3 fully saturated rings. The lowest BCUT2D eigenvalue weighted by Gasteiger charge is -2.60. The Morgan fingerprint density at radius 1 is 0.852 bits per heavy atom. The van der Waals surface area contributed by atoms with Gasteiger partial charge in [0.2, 0.25) is 0 Å². The molecule has 0 radical (unpaired) electrons. The zero-order valence-corrected chi connectivity index (χ0v) is 19.0. The lowest BCUT2D eigenvalue weighted by atomic mass is 9.45. The van der Waals surface area contributed by atoms with Gasteiger partial charge >= 0.3 is 0 Å². The summed E-state index contributed by atoms with van der Waals surface area (Å²) >= 11 is 0. The van der Waals surface area contributed by atoms with Crippen molar-refractivity contribution in [3.63, 3.8) is 0 Å². The van der Waals surface area contributed by atoms with Crippen molar-refractivity contribution in [3.8, 4) is 0 Å². The molecule has 0 bridgehead atoms. The average Bonchev–Trinajstić information content (AvgIpc) is 2.98. The van der Waals surface area contributed by atoms with E-state index in [4.69, 9.17) is 0 Å². The zero-order valence-electron chi connectivity index (χ0n) is 19.0. The van der Waals surface area contributed by atoms with Gasteiger partial charge in [-0.15, -0.1) is 0 Å². The Kier molecular flexibility index (Phi) is 5.59. The molecule has 4 unspecified atom stereocenters. The van der Waals surface area contributed by atoms with Gasteiger partial charge in [-0.05, 0) is 104 Å². The van der Waals surface area contributed by atoms with Crippen molar-refractivity contribution in [3.05, 3.63) is 12.2 Å². The summed E-state index contributed by atoms with van der Waals surface area (Å²) < 4.78 is 0. The first-order valence-electron chi connectivity index (χ1n) is 12.5. The van der Waals surface area contributed by atoms with E-state index in [9.17, 15) is 0 Å². The van der Waals surface area contributed by atoms with Gasteiger partial charge in [-0.3, -0.25) is 0 Å². The van der Waals surface area contributed by atoms with E-state index in [1.54, 1.807) is 12.8 Å². The number of fused-ring (bicyclic) bond motifs is 5. The Morgan fingerprint density at radius 2 is 1.63 bits per heavy atom. The van der Waals surface area contributed by atoms with Gasteiger partial charge in [0, 0.05) is 0 Å². The zero-order chi connectivity index (χ0) is 19.2. The molecule has 4 aliphatic rings. The molecule has 0 aromatic carbocycles. The van der Waals surface area contributed by atoms with Crippen molar-refractivity contribution in [2.24, 2.45) is 52.3 Å². The van der Waals surface area contributed by atoms with Crippen LogP contribution in [0, 0.1) is 52.3 Å². The average molecular weight is 371 g/mol. The Morgan fingerprint density at radius 3 is 2.41 bits per heavy atom. The molecule has 4 aliphatic carbocycles. The second kappa shape index (κ2) is 7.53. The van der Waals surface area contributed by atoms with Crippen molar-refractivity contribution in [2.75, 3.05) is 0 Å². The normalized spacial score (nSPS) is 47.4. The van der Waals surface area contributed by atoms with E-state index in [-0.39, 0.29) is 0 Å². The maximum absolute atomic E-state index is 2.74. The highest BCUT2D eigenvalue weighted by molar-refractivity contribution is 5.12. The Balaban J connectivity index is 1.47. The van der Waals surface area contributed by atoms with Crippen LogP contribution in [0.5, 0.6) is 0 Å². The first-order chi connectivity index (χ1) is 12.9. The van der Waals surface area contributed by atoms with E-state index in [1.165, 1.54) is 57.8 Å². The molecule has 154 valence electrons. The van der Waals surface area contributed by atoms with Crippen LogP contribution in [0.2, 0.25) is 0 Å². The standard InChI is InChI=1S/C27H46/c1-19(2)9-8-10-20(3)23-14-15-24-22-13-12-21-11-6-7-17-26(21,4)25(22)16-18-27(23,24)5/h6-7,19-25H,8-18H2,1-5H3/t20?,21-,22?,23-,24?,25?,26+,27-/m1/s1. The van der Waals surface area contributed by atoms with Gasteiger partial charge in [0.05, 0.1) is 0 Å². The molecule has 0 saturated heterocycles. The molecular formula is C27H46. The third kappa shape index (κ3) is 3.36. The van der Waals surface area contributed by atoms with Crippen LogP contribution in [-0.2, 0) is 0 Å². The third-order valence-electron chi connectivity index (χ3n) is 10.4. The molecule has 0 spiro atoms. The molecule has 27 heavy (non-hydrogen) atoms. The van der Waals surface area contributed by atoms with Crippen LogP contribution in [-0.4, -0.2) is 0 Å². The second-order valence-electron chi connectivity index (χ2n) is 12.1. The van der Waals surface area contributed by atoms with E-state index in [0.29, 0.717) is 10.8 Å². The quantitative estimate of drug-likeness (QED) is 0.427. The van der Waals surface area contributed by atoms with Gasteiger partial charge in [0.15, 0.2) is 0 Å². The fourth-order valence-corrected chi connectivity index (χ4v) is 8.86. The molecule has 0 aromatic rings. The molecule has 0 aromatic heterocycles. The number of rotatable bonds is 5. The largest absolute Gasteiger partial charge is 0.0882 e. The van der Waals surface area contributed by atoms with Gasteiger partial charge in [-0.25, -0.2) is 0 Å². The van der Waals surface area contributed by atoms with Gasteiger partial charge < -0.3 is 0 Å². The predicted molar refractivity (Wildman–Crippen MR) is 118 cm³/mol. The third-order valence-corrected chi connectivity index (χ3v) is 10.4. The molecule has 4 rings (SSSR count). The summed E-state index contributed by atoms with van der Waals surface area (Å²) in [5, 5.41) is 0. The van der Waals surface area contributed by atoms with E-state index >= 15 is 0 Å². The molecular weight excluding hydrogens is 324 g/mol. The summed E-state index contributed by atoms with van der Waals surface area (Å²) in [5.74, 6) is 6.92. The van der Waals surface area contributed by atoms with Crippen molar-refractivity contribution in [1.29, 1.82) is 0 Å². The van der Waals surface area contributed by atoms with E-state index < -0.39 is 0 Å². The first-order valence-corrected chi connectivity index (χ1v) is 12.5. The Labute approximate surface area is 170 Å². The summed E-state index contributed by atoms with van der Waals surface area (Å²) in [6.45, 7) is 12.8. The molecule has 3 saturated carbocycles. The molecule has 0 nitrogen and oxygen atoms in total. The maximum Gasteiger partial charge on any atom is -0.0229 e. The topological polar surface area (TPSA) is 0 Å². The highest BCUT2D eigenvalue weighted by Crippen LogP contribution is 2.68. The second-order valence-corrected chi connectivity index (χ2v) is 12.1. The molecule has 0 amide bonds. The van der Waals surface area contributed by atoms with Crippen LogP contribution < -0.4 is 0 Å². The van der Waals surface area contributed by atoms with Crippen molar-refractivity contribution >= 4 is 0 Å². The van der Waals surface area contributed by atoms with Crippen molar-refractivity contribution in [1.82, 2.24) is 0 Å². The predicted octanol–water partition coefficient (Wildman–Crippen LogP) is 8.27. The van der Waals surface area contributed by atoms with Gasteiger partial charge in [0.1, 0.15) is 0 Å². The summed E-state index contributed by atoms with van der Waals surface area (Å²) in [4.78, 5) is 0. The minimum absolute atomic E-state index is 0.625. The van der Waals surface area contributed by atoms with Crippen LogP contribution in [0.4, 0.5) is 0 Å². The molecule has 0 aliphatic heterocycles. The summed E-state index contributed by atoms with van der Waals surface area (Å²) in [7, 11) is 0. The van der Waals surface area contributed by atoms with Crippen LogP contribution >= 0.6 is 0 Å². The van der Waals surface area contributed by atoms with E-state index in [0.717, 1.165) is 41.4 Å². The van der Waals surface area contributed by atoms with Gasteiger partial charge in [-0.1, -0.05) is 66.0 Å². The Hall–Kier alpha value is -0.260. The number of allylic oxidation sites excluding steroid dienone is 2. The van der Waals surface area contributed by atoms with E-state index in [2.05, 4.69) is 46.8 Å². The maximum atomic E-state index is 2.74. The highest BCUT2D eigenvalue weighted by atomic mass is 14.6. The smallest absolute Gasteiger partial charge is 0.0229 e. The van der Waals surface area contributed by atoms with Crippen LogP contribution in [0.25, 0.3) is 0 Å². The van der Waals surface area contributed by atoms with Crippen molar-refractivity contribution in [2.45, 2.75) is 105 Å². The van der Waals surface area contributed by atoms with Crippen LogP contribution in [0.15, 0.2) is 12.2 Å². The molecule has 0 heterocycles. The van der Waals surface area contributed by atoms with Crippen LogP contribution in [0.1, 0.15) is 105 Å². The minimum Gasteiger partial charge on any atom is -0.0882 e. The number of hydrogen-bond donors (Lipinski definition) is 0. The summed E-state index contributed by atoms with van der Waals surface area (Å²) in [5.41, 5.74) is 1.28. The highest BCUT2D eigenvalue weighted by Gasteiger charge is 2.59. The molecule has 0 heteroatoms. The number of hydrogen-bond acceptors (Lipinski definition) is 0. The summed E-state index contributed by atoms with van der Waals surface area (Å²) in [6.07, 6.45) is 21.3. The first kappa shape index (κ1) is 20.0.